The second-order valence-corrected chi connectivity index (χ2v) is 8.32. The fraction of sp³-hybridized carbons (Fsp3) is 0.333. The first-order valence-electron chi connectivity index (χ1n) is 9.66. The molecule has 9 heteroatoms. The summed E-state index contributed by atoms with van der Waals surface area (Å²) < 4.78 is 43.0. The van der Waals surface area contributed by atoms with E-state index in [1.807, 2.05) is 18.2 Å². The number of aromatic nitrogens is 1. The number of hydrogen-bond donors (Lipinski definition) is 2. The molecule has 1 unspecified atom stereocenters. The number of nitrogens with one attached hydrogen (secondary N) is 1. The van der Waals surface area contributed by atoms with E-state index >= 15 is 0 Å². The van der Waals surface area contributed by atoms with Gasteiger partial charge in [-0.05, 0) is 54.7 Å². The third-order valence-electron chi connectivity index (χ3n) is 4.99. The van der Waals surface area contributed by atoms with Crippen molar-refractivity contribution in [2.24, 2.45) is 4.99 Å². The number of anilines is 1. The molecule has 2 heterocycles. The number of thioether (sulfide) groups is 1. The van der Waals surface area contributed by atoms with Gasteiger partial charge in [0.15, 0.2) is 16.6 Å². The molecule has 3 aromatic rings. The lowest BCUT2D eigenvalue weighted by atomic mass is 10.1. The molecule has 0 saturated carbocycles. The van der Waals surface area contributed by atoms with E-state index in [1.165, 1.54) is 12.1 Å². The normalized spacial score (nSPS) is 17.2. The number of halogens is 3. The highest BCUT2D eigenvalue weighted by atomic mass is 32.2. The Morgan fingerprint density at radius 1 is 1.17 bits per heavy atom. The number of rotatable bonds is 5. The van der Waals surface area contributed by atoms with Gasteiger partial charge in [0.05, 0.1) is 10.9 Å². The standard InChI is InChI=1S/C21H21F3N4OS/c22-21(23,24)15-6-3-13(4-7-15)2-1-10-26-20-27-11-9-18(30-20)14-5-8-17-16(12-14)19(25)28-29-17/h3-8,12,18H,1-2,9-11H2,(H2,25,28)(H,26,27). The molecule has 30 heavy (non-hydrogen) atoms. The van der Waals surface area contributed by atoms with Crippen LogP contribution in [-0.2, 0) is 12.6 Å². The van der Waals surface area contributed by atoms with Crippen LogP contribution in [0.15, 0.2) is 52.0 Å². The summed E-state index contributed by atoms with van der Waals surface area (Å²) in [5, 5.41) is 9.11. The number of nitrogens with two attached hydrogens (primary N) is 1. The van der Waals surface area contributed by atoms with Crippen molar-refractivity contribution >= 4 is 33.7 Å². The van der Waals surface area contributed by atoms with Crippen LogP contribution >= 0.6 is 11.8 Å². The van der Waals surface area contributed by atoms with E-state index in [2.05, 4.69) is 15.5 Å². The fourth-order valence-electron chi connectivity index (χ4n) is 3.37. The summed E-state index contributed by atoms with van der Waals surface area (Å²) in [6.45, 7) is 1.44. The zero-order valence-corrected chi connectivity index (χ0v) is 16.9. The zero-order chi connectivity index (χ0) is 21.1. The Labute approximate surface area is 175 Å². The Bertz CT molecular complexity index is 1050. The van der Waals surface area contributed by atoms with Crippen molar-refractivity contribution in [1.82, 2.24) is 10.5 Å². The molecule has 1 atom stereocenters. The lowest BCUT2D eigenvalue weighted by molar-refractivity contribution is -0.137. The van der Waals surface area contributed by atoms with E-state index in [0.717, 1.165) is 53.2 Å². The molecule has 158 valence electrons. The number of aryl methyl sites for hydroxylation is 1. The molecule has 0 fully saturated rings. The summed E-state index contributed by atoms with van der Waals surface area (Å²) in [6, 6.07) is 11.3. The summed E-state index contributed by atoms with van der Waals surface area (Å²) in [7, 11) is 0. The third kappa shape index (κ3) is 4.72. The summed E-state index contributed by atoms with van der Waals surface area (Å²) in [5.74, 6) is 0.392. The van der Waals surface area contributed by atoms with E-state index in [0.29, 0.717) is 24.4 Å². The Morgan fingerprint density at radius 2 is 1.97 bits per heavy atom. The van der Waals surface area contributed by atoms with Crippen LogP contribution in [0.25, 0.3) is 11.0 Å². The van der Waals surface area contributed by atoms with E-state index in [-0.39, 0.29) is 5.25 Å². The highest BCUT2D eigenvalue weighted by Gasteiger charge is 2.29. The molecule has 1 aliphatic rings. The van der Waals surface area contributed by atoms with Crippen molar-refractivity contribution in [3.05, 3.63) is 59.2 Å². The molecule has 0 spiro atoms. The Hall–Kier alpha value is -2.68. The molecule has 5 nitrogen and oxygen atoms in total. The van der Waals surface area contributed by atoms with Gasteiger partial charge in [-0.2, -0.15) is 13.2 Å². The van der Waals surface area contributed by atoms with E-state index in [9.17, 15) is 13.2 Å². The predicted molar refractivity (Wildman–Crippen MR) is 113 cm³/mol. The van der Waals surface area contributed by atoms with Gasteiger partial charge in [-0.25, -0.2) is 0 Å². The number of amidine groups is 1. The van der Waals surface area contributed by atoms with Gasteiger partial charge in [-0.3, -0.25) is 4.99 Å². The summed E-state index contributed by atoms with van der Waals surface area (Å²) >= 11 is 1.67. The zero-order valence-electron chi connectivity index (χ0n) is 16.1. The molecule has 0 aliphatic carbocycles. The number of nitrogens with zero attached hydrogens (tertiary/aromatic N) is 2. The van der Waals surface area contributed by atoms with Crippen LogP contribution in [0.4, 0.5) is 19.0 Å². The largest absolute Gasteiger partial charge is 0.416 e. The Balaban J connectivity index is 1.28. The molecule has 0 amide bonds. The molecule has 0 saturated heterocycles. The van der Waals surface area contributed by atoms with Crippen molar-refractivity contribution in [3.8, 4) is 0 Å². The van der Waals surface area contributed by atoms with Crippen molar-refractivity contribution in [2.75, 3.05) is 18.8 Å². The average molecular weight is 434 g/mol. The smallest absolute Gasteiger partial charge is 0.380 e. The molecule has 1 aliphatic heterocycles. The molecule has 3 N–H and O–H groups in total. The molecular formula is C21H21F3N4OS. The Kier molecular flexibility index (Phi) is 5.90. The van der Waals surface area contributed by atoms with Crippen molar-refractivity contribution in [1.29, 1.82) is 0 Å². The van der Waals surface area contributed by atoms with E-state index in [1.54, 1.807) is 11.8 Å². The molecule has 1 aromatic heterocycles. The highest BCUT2D eigenvalue weighted by Crippen LogP contribution is 2.37. The lowest BCUT2D eigenvalue weighted by Crippen LogP contribution is -2.26. The predicted octanol–water partition coefficient (Wildman–Crippen LogP) is 5.19. The van der Waals surface area contributed by atoms with Crippen molar-refractivity contribution in [2.45, 2.75) is 30.7 Å². The minimum atomic E-state index is -4.29. The van der Waals surface area contributed by atoms with Gasteiger partial charge in [-0.15, -0.1) is 0 Å². The van der Waals surface area contributed by atoms with E-state index < -0.39 is 11.7 Å². The minimum absolute atomic E-state index is 0.263. The van der Waals surface area contributed by atoms with Crippen LogP contribution in [0.3, 0.4) is 0 Å². The van der Waals surface area contributed by atoms with Gasteiger partial charge in [0, 0.05) is 18.3 Å². The maximum Gasteiger partial charge on any atom is 0.416 e. The molecule has 0 radical (unpaired) electrons. The SMILES string of the molecule is Nc1noc2ccc(C3CCN=C(NCCCc4ccc(C(F)(F)F)cc4)S3)cc12. The van der Waals surface area contributed by atoms with E-state index in [4.69, 9.17) is 10.3 Å². The van der Waals surface area contributed by atoms with Crippen LogP contribution in [0.5, 0.6) is 0 Å². The maximum absolute atomic E-state index is 12.6. The van der Waals surface area contributed by atoms with Crippen LogP contribution < -0.4 is 11.1 Å². The number of benzene rings is 2. The monoisotopic (exact) mass is 434 g/mol. The molecular weight excluding hydrogens is 413 g/mol. The van der Waals surface area contributed by atoms with Gasteiger partial charge < -0.3 is 15.6 Å². The third-order valence-corrected chi connectivity index (χ3v) is 6.28. The summed E-state index contributed by atoms with van der Waals surface area (Å²) in [6.07, 6.45) is -1.86. The van der Waals surface area contributed by atoms with Crippen LogP contribution in [0.1, 0.15) is 34.8 Å². The first-order chi connectivity index (χ1) is 14.4. The van der Waals surface area contributed by atoms with Gasteiger partial charge >= 0.3 is 6.18 Å². The second kappa shape index (κ2) is 8.59. The van der Waals surface area contributed by atoms with Gasteiger partial charge in [0.2, 0.25) is 0 Å². The first-order valence-corrected chi connectivity index (χ1v) is 10.5. The molecule has 4 rings (SSSR count). The van der Waals surface area contributed by atoms with Crippen LogP contribution in [0.2, 0.25) is 0 Å². The number of aliphatic imine (C=N–C) groups is 1. The minimum Gasteiger partial charge on any atom is -0.380 e. The quantitative estimate of drug-likeness (QED) is 0.541. The van der Waals surface area contributed by atoms with Crippen LogP contribution in [-0.4, -0.2) is 23.4 Å². The summed E-state index contributed by atoms with van der Waals surface area (Å²) in [5.41, 5.74) is 7.96. The van der Waals surface area contributed by atoms with Gasteiger partial charge in [-0.1, -0.05) is 35.1 Å². The lowest BCUT2D eigenvalue weighted by Gasteiger charge is -2.22. The first kappa shape index (κ1) is 20.6. The second-order valence-electron chi connectivity index (χ2n) is 7.13. The molecule has 2 aromatic carbocycles. The maximum atomic E-state index is 12.6. The fourth-order valence-corrected chi connectivity index (χ4v) is 4.50. The van der Waals surface area contributed by atoms with Crippen molar-refractivity contribution < 1.29 is 17.7 Å². The highest BCUT2D eigenvalue weighted by molar-refractivity contribution is 8.14. The Morgan fingerprint density at radius 3 is 2.73 bits per heavy atom. The molecule has 0 bridgehead atoms. The topological polar surface area (TPSA) is 76.4 Å². The number of alkyl halides is 3. The van der Waals surface area contributed by atoms with Gasteiger partial charge in [0.1, 0.15) is 0 Å². The van der Waals surface area contributed by atoms with Gasteiger partial charge in [0.25, 0.3) is 0 Å². The number of hydrogen-bond acceptors (Lipinski definition) is 6. The average Bonchev–Trinajstić information content (AvgIpc) is 3.11. The van der Waals surface area contributed by atoms with Crippen LogP contribution in [0, 0.1) is 0 Å². The summed E-state index contributed by atoms with van der Waals surface area (Å²) in [4.78, 5) is 4.55. The number of nitrogen functional groups attached to an aromatic ring is 1. The number of fused-ring (bicyclic) bond motifs is 1. The van der Waals surface area contributed by atoms with Crippen molar-refractivity contribution in [3.63, 3.8) is 0 Å².